The minimum absolute atomic E-state index is 0.0986. The van der Waals surface area contributed by atoms with Gasteiger partial charge in [0, 0.05) is 36.5 Å². The summed E-state index contributed by atoms with van der Waals surface area (Å²) in [6.07, 6.45) is 0.148. The lowest BCUT2D eigenvalue weighted by Crippen LogP contribution is -2.28. The Morgan fingerprint density at radius 3 is 2.55 bits per heavy atom. The lowest BCUT2D eigenvalue weighted by molar-refractivity contribution is -0.122. The minimum Gasteiger partial charge on any atom is -0.490 e. The summed E-state index contributed by atoms with van der Waals surface area (Å²) in [5.74, 6) is 1.71. The first-order valence-electron chi connectivity index (χ1n) is 10.5. The largest absolute Gasteiger partial charge is 0.490 e. The van der Waals surface area contributed by atoms with E-state index < -0.39 is 5.92 Å². The van der Waals surface area contributed by atoms with E-state index in [2.05, 4.69) is 5.32 Å². The van der Waals surface area contributed by atoms with Gasteiger partial charge in [0.2, 0.25) is 11.8 Å². The Bertz CT molecular complexity index is 977. The van der Waals surface area contributed by atoms with E-state index in [1.807, 2.05) is 19.9 Å². The first-order chi connectivity index (χ1) is 15.1. The number of benzene rings is 2. The SMILES string of the molecule is CCOc1ccc(NC(=O)[C@@H]2CC(=O)N(c3ccc4c(c3)OCCO4)C2)cc1OCC. The number of fused-ring (bicyclic) bond motifs is 1. The zero-order valence-electron chi connectivity index (χ0n) is 17.7. The van der Waals surface area contributed by atoms with Crippen LogP contribution in [0.2, 0.25) is 0 Å². The lowest BCUT2D eigenvalue weighted by atomic mass is 10.1. The van der Waals surface area contributed by atoms with Crippen molar-refractivity contribution in [3.63, 3.8) is 0 Å². The number of nitrogens with one attached hydrogen (secondary N) is 1. The van der Waals surface area contributed by atoms with Crippen LogP contribution in [-0.2, 0) is 9.59 Å². The molecule has 2 aromatic rings. The predicted octanol–water partition coefficient (Wildman–Crippen LogP) is 3.25. The Morgan fingerprint density at radius 1 is 1.03 bits per heavy atom. The van der Waals surface area contributed by atoms with E-state index in [0.717, 1.165) is 0 Å². The van der Waals surface area contributed by atoms with Crippen molar-refractivity contribution in [2.75, 3.05) is 43.2 Å². The molecule has 0 saturated carbocycles. The predicted molar refractivity (Wildman–Crippen MR) is 115 cm³/mol. The molecule has 31 heavy (non-hydrogen) atoms. The number of anilines is 2. The molecule has 0 bridgehead atoms. The topological polar surface area (TPSA) is 86.3 Å². The van der Waals surface area contributed by atoms with Gasteiger partial charge < -0.3 is 29.2 Å². The average Bonchev–Trinajstić information content (AvgIpc) is 3.17. The van der Waals surface area contributed by atoms with Crippen LogP contribution in [0.15, 0.2) is 36.4 Å². The third-order valence-corrected chi connectivity index (χ3v) is 5.14. The summed E-state index contributed by atoms with van der Waals surface area (Å²) in [5.41, 5.74) is 1.30. The van der Waals surface area contributed by atoms with E-state index >= 15 is 0 Å². The third-order valence-electron chi connectivity index (χ3n) is 5.14. The summed E-state index contributed by atoms with van der Waals surface area (Å²) in [4.78, 5) is 27.1. The number of carbonyl (C=O) groups is 2. The normalized spacial score (nSPS) is 17.4. The number of nitrogens with zero attached hydrogens (tertiary/aromatic N) is 1. The van der Waals surface area contributed by atoms with Crippen molar-refractivity contribution in [1.29, 1.82) is 0 Å². The van der Waals surface area contributed by atoms with Crippen molar-refractivity contribution in [1.82, 2.24) is 0 Å². The summed E-state index contributed by atoms with van der Waals surface area (Å²) >= 11 is 0. The Labute approximate surface area is 181 Å². The summed E-state index contributed by atoms with van der Waals surface area (Å²) < 4.78 is 22.3. The third kappa shape index (κ3) is 4.52. The van der Waals surface area contributed by atoms with Crippen LogP contribution >= 0.6 is 0 Å². The Balaban J connectivity index is 1.44. The van der Waals surface area contributed by atoms with Crippen LogP contribution in [0.3, 0.4) is 0 Å². The van der Waals surface area contributed by atoms with Gasteiger partial charge in [0.25, 0.3) is 0 Å². The van der Waals surface area contributed by atoms with Gasteiger partial charge in [0.15, 0.2) is 23.0 Å². The van der Waals surface area contributed by atoms with Crippen molar-refractivity contribution in [2.24, 2.45) is 5.92 Å². The molecule has 4 rings (SSSR count). The van der Waals surface area contributed by atoms with Crippen LogP contribution < -0.4 is 29.2 Å². The van der Waals surface area contributed by atoms with Crippen molar-refractivity contribution in [3.8, 4) is 23.0 Å². The van der Waals surface area contributed by atoms with Crippen LogP contribution in [0, 0.1) is 5.92 Å². The van der Waals surface area contributed by atoms with Gasteiger partial charge >= 0.3 is 0 Å². The van der Waals surface area contributed by atoms with E-state index in [4.69, 9.17) is 18.9 Å². The van der Waals surface area contributed by atoms with Crippen molar-refractivity contribution in [2.45, 2.75) is 20.3 Å². The molecule has 8 heteroatoms. The standard InChI is InChI=1S/C23H26N2O6/c1-3-28-18-7-5-16(12-20(18)29-4-2)24-23(27)15-11-22(26)25(14-15)17-6-8-19-21(13-17)31-10-9-30-19/h5-8,12-13,15H,3-4,9-11,14H2,1-2H3,(H,24,27)/t15-/m1/s1. The van der Waals surface area contributed by atoms with Crippen LogP contribution in [0.4, 0.5) is 11.4 Å². The number of ether oxygens (including phenoxy) is 4. The maximum absolute atomic E-state index is 12.8. The molecule has 1 saturated heterocycles. The molecule has 164 valence electrons. The van der Waals surface area contributed by atoms with Crippen LogP contribution in [0.5, 0.6) is 23.0 Å². The Kier molecular flexibility index (Phi) is 6.16. The molecular formula is C23H26N2O6. The van der Waals surface area contributed by atoms with Gasteiger partial charge in [-0.3, -0.25) is 9.59 Å². The first kappa shape index (κ1) is 20.8. The van der Waals surface area contributed by atoms with E-state index in [0.29, 0.717) is 67.3 Å². The second-order valence-corrected chi connectivity index (χ2v) is 7.25. The van der Waals surface area contributed by atoms with Gasteiger partial charge in [-0.25, -0.2) is 0 Å². The second kappa shape index (κ2) is 9.16. The first-order valence-corrected chi connectivity index (χ1v) is 10.5. The number of hydrogen-bond donors (Lipinski definition) is 1. The quantitative estimate of drug-likeness (QED) is 0.732. The van der Waals surface area contributed by atoms with Crippen molar-refractivity contribution < 1.29 is 28.5 Å². The summed E-state index contributed by atoms with van der Waals surface area (Å²) in [6, 6.07) is 10.7. The van der Waals surface area contributed by atoms with Crippen LogP contribution in [0.25, 0.3) is 0 Å². The molecule has 0 aliphatic carbocycles. The van der Waals surface area contributed by atoms with Gasteiger partial charge in [0.05, 0.1) is 19.1 Å². The average molecular weight is 426 g/mol. The molecule has 1 N–H and O–H groups in total. The number of amides is 2. The summed E-state index contributed by atoms with van der Waals surface area (Å²) in [6.45, 7) is 6.08. The molecule has 2 heterocycles. The van der Waals surface area contributed by atoms with E-state index in [-0.39, 0.29) is 18.2 Å². The summed E-state index contributed by atoms with van der Waals surface area (Å²) in [5, 5.41) is 2.90. The highest BCUT2D eigenvalue weighted by Crippen LogP contribution is 2.36. The zero-order valence-corrected chi connectivity index (χ0v) is 17.7. The molecule has 2 aromatic carbocycles. The Morgan fingerprint density at radius 2 is 1.77 bits per heavy atom. The van der Waals surface area contributed by atoms with Crippen LogP contribution in [0.1, 0.15) is 20.3 Å². The molecule has 1 fully saturated rings. The van der Waals surface area contributed by atoms with Gasteiger partial charge in [-0.05, 0) is 38.1 Å². The molecule has 2 aliphatic rings. The fourth-order valence-electron chi connectivity index (χ4n) is 3.71. The molecule has 0 unspecified atom stereocenters. The molecule has 8 nitrogen and oxygen atoms in total. The van der Waals surface area contributed by atoms with Gasteiger partial charge in [-0.15, -0.1) is 0 Å². The maximum Gasteiger partial charge on any atom is 0.229 e. The highest BCUT2D eigenvalue weighted by molar-refractivity contribution is 6.03. The fourth-order valence-corrected chi connectivity index (χ4v) is 3.71. The molecule has 2 amide bonds. The molecule has 0 radical (unpaired) electrons. The number of carbonyl (C=O) groups excluding carboxylic acids is 2. The van der Waals surface area contributed by atoms with E-state index in [1.165, 1.54) is 0 Å². The molecule has 2 aliphatic heterocycles. The molecule has 1 atom stereocenters. The monoisotopic (exact) mass is 426 g/mol. The lowest BCUT2D eigenvalue weighted by Gasteiger charge is -2.22. The molecular weight excluding hydrogens is 400 g/mol. The second-order valence-electron chi connectivity index (χ2n) is 7.25. The minimum atomic E-state index is -0.456. The van der Waals surface area contributed by atoms with E-state index in [9.17, 15) is 9.59 Å². The summed E-state index contributed by atoms with van der Waals surface area (Å²) in [7, 11) is 0. The van der Waals surface area contributed by atoms with Gasteiger partial charge in [-0.1, -0.05) is 0 Å². The van der Waals surface area contributed by atoms with Crippen LogP contribution in [-0.4, -0.2) is 44.8 Å². The number of rotatable bonds is 7. The highest BCUT2D eigenvalue weighted by Gasteiger charge is 2.35. The maximum atomic E-state index is 12.8. The smallest absolute Gasteiger partial charge is 0.229 e. The molecule has 0 spiro atoms. The Hall–Kier alpha value is -3.42. The number of hydrogen-bond acceptors (Lipinski definition) is 6. The molecule has 0 aromatic heterocycles. The van der Waals surface area contributed by atoms with Crippen molar-refractivity contribution >= 4 is 23.2 Å². The van der Waals surface area contributed by atoms with Crippen molar-refractivity contribution in [3.05, 3.63) is 36.4 Å². The fraction of sp³-hybridized carbons (Fsp3) is 0.391. The van der Waals surface area contributed by atoms with Gasteiger partial charge in [-0.2, -0.15) is 0 Å². The zero-order chi connectivity index (χ0) is 21.8. The highest BCUT2D eigenvalue weighted by atomic mass is 16.6. The van der Waals surface area contributed by atoms with E-state index in [1.54, 1.807) is 35.2 Å². The van der Waals surface area contributed by atoms with Gasteiger partial charge in [0.1, 0.15) is 13.2 Å².